The number of urea groups is 1. The number of hydrogen-bond donors (Lipinski definition) is 2. The lowest BCUT2D eigenvalue weighted by Gasteiger charge is -2.28. The molecule has 2 heterocycles. The highest BCUT2D eigenvalue weighted by atomic mass is 35.5. The molecule has 0 aromatic heterocycles. The van der Waals surface area contributed by atoms with Gasteiger partial charge in [-0.05, 0) is 30.5 Å². The van der Waals surface area contributed by atoms with Gasteiger partial charge in [-0.15, -0.1) is 0 Å². The van der Waals surface area contributed by atoms with E-state index in [2.05, 4.69) is 5.32 Å². The number of likely N-dealkylation sites (tertiary alicyclic amines) is 1. The Labute approximate surface area is 156 Å². The van der Waals surface area contributed by atoms with Crippen molar-refractivity contribution in [3.8, 4) is 0 Å². The average Bonchev–Trinajstić information content (AvgIpc) is 3.22. The summed E-state index contributed by atoms with van der Waals surface area (Å²) in [6.07, 6.45) is 0.431. The summed E-state index contributed by atoms with van der Waals surface area (Å²) in [5, 5.41) is 12.7. The summed E-state index contributed by atoms with van der Waals surface area (Å²) < 4.78 is 0. The van der Waals surface area contributed by atoms with Crippen LogP contribution in [0.4, 0.5) is 10.5 Å². The molecule has 2 aliphatic rings. The summed E-state index contributed by atoms with van der Waals surface area (Å²) in [7, 11) is 0. The zero-order valence-corrected chi connectivity index (χ0v) is 15.5. The first-order chi connectivity index (χ1) is 12.3. The minimum atomic E-state index is -0.917. The van der Waals surface area contributed by atoms with Crippen LogP contribution in [0.25, 0.3) is 0 Å². The third-order valence-electron chi connectivity index (χ3n) is 5.46. The van der Waals surface area contributed by atoms with Gasteiger partial charge in [0.2, 0.25) is 0 Å². The second-order valence-corrected chi connectivity index (χ2v) is 7.55. The predicted molar refractivity (Wildman–Crippen MR) is 97.6 cm³/mol. The van der Waals surface area contributed by atoms with Crippen molar-refractivity contribution in [2.75, 3.05) is 31.1 Å². The number of carboxylic acid groups (broad SMARTS) is 1. The number of carbonyl (C=O) groups is 3. The van der Waals surface area contributed by atoms with Gasteiger partial charge in [-0.2, -0.15) is 0 Å². The lowest BCUT2D eigenvalue weighted by molar-refractivity contribution is -0.150. The summed E-state index contributed by atoms with van der Waals surface area (Å²) in [5.74, 6) is -1.19. The molecular formula is C18H22ClN3O4. The Kier molecular flexibility index (Phi) is 4.84. The molecule has 0 saturated carbocycles. The maximum Gasteiger partial charge on any atom is 0.322 e. The van der Waals surface area contributed by atoms with Gasteiger partial charge in [0, 0.05) is 31.7 Å². The standard InChI is InChI=1S/C18H22ClN3O4/c1-11(2)18(16(24)25)5-7-21(10-18)15(23)12-3-4-13(19)14(9-12)22-8-6-20-17(22)26/h3-4,9,11H,5-8,10H2,1-2H3,(H,20,26)(H,24,25). The molecule has 1 aromatic carbocycles. The van der Waals surface area contributed by atoms with Gasteiger partial charge in [-0.1, -0.05) is 25.4 Å². The molecule has 0 aliphatic carbocycles. The van der Waals surface area contributed by atoms with Crippen LogP contribution in [0.15, 0.2) is 18.2 Å². The molecule has 2 N–H and O–H groups in total. The van der Waals surface area contributed by atoms with Crippen LogP contribution < -0.4 is 10.2 Å². The molecular weight excluding hydrogens is 358 g/mol. The number of benzene rings is 1. The summed E-state index contributed by atoms with van der Waals surface area (Å²) in [5.41, 5.74) is -0.0335. The van der Waals surface area contributed by atoms with E-state index in [9.17, 15) is 19.5 Å². The topological polar surface area (TPSA) is 89.9 Å². The number of hydrogen-bond acceptors (Lipinski definition) is 3. The minimum absolute atomic E-state index is 0.0770. The fraction of sp³-hybridized carbons (Fsp3) is 0.500. The molecule has 8 heteroatoms. The number of nitrogens with zero attached hydrogens (tertiary/aromatic N) is 2. The monoisotopic (exact) mass is 379 g/mol. The normalized spacial score (nSPS) is 22.8. The molecule has 140 valence electrons. The van der Waals surface area contributed by atoms with Gasteiger partial charge < -0.3 is 15.3 Å². The number of nitrogens with one attached hydrogen (secondary N) is 1. The van der Waals surface area contributed by atoms with E-state index in [0.29, 0.717) is 42.3 Å². The van der Waals surface area contributed by atoms with Crippen molar-refractivity contribution in [3.05, 3.63) is 28.8 Å². The fourth-order valence-corrected chi connectivity index (χ4v) is 3.86. The van der Waals surface area contributed by atoms with Gasteiger partial charge >= 0.3 is 12.0 Å². The summed E-state index contributed by atoms with van der Waals surface area (Å²) in [4.78, 5) is 39.7. The highest BCUT2D eigenvalue weighted by molar-refractivity contribution is 6.34. The van der Waals surface area contributed by atoms with Crippen molar-refractivity contribution in [1.82, 2.24) is 10.2 Å². The van der Waals surface area contributed by atoms with E-state index in [0.717, 1.165) is 0 Å². The largest absolute Gasteiger partial charge is 0.481 e. The number of carboxylic acids is 1. The maximum absolute atomic E-state index is 12.9. The quantitative estimate of drug-likeness (QED) is 0.840. The molecule has 26 heavy (non-hydrogen) atoms. The van der Waals surface area contributed by atoms with Gasteiger partial charge in [0.15, 0.2) is 0 Å². The average molecular weight is 380 g/mol. The van der Waals surface area contributed by atoms with Crippen molar-refractivity contribution in [2.24, 2.45) is 11.3 Å². The van der Waals surface area contributed by atoms with E-state index in [1.807, 2.05) is 13.8 Å². The number of carbonyl (C=O) groups excluding carboxylic acids is 2. The first kappa shape index (κ1) is 18.5. The molecule has 3 rings (SSSR count). The molecule has 7 nitrogen and oxygen atoms in total. The first-order valence-electron chi connectivity index (χ1n) is 8.64. The third-order valence-corrected chi connectivity index (χ3v) is 5.78. The van der Waals surface area contributed by atoms with E-state index in [4.69, 9.17) is 11.6 Å². The minimum Gasteiger partial charge on any atom is -0.481 e. The Morgan fingerprint density at radius 1 is 1.31 bits per heavy atom. The molecule has 2 fully saturated rings. The maximum atomic E-state index is 12.9. The van der Waals surface area contributed by atoms with Crippen LogP contribution in [0.5, 0.6) is 0 Å². The van der Waals surface area contributed by atoms with Crippen molar-refractivity contribution in [1.29, 1.82) is 0 Å². The fourth-order valence-electron chi connectivity index (χ4n) is 3.64. The Bertz CT molecular complexity index is 767. The van der Waals surface area contributed by atoms with Gasteiger partial charge in [0.25, 0.3) is 5.91 Å². The van der Waals surface area contributed by atoms with Crippen LogP contribution in [-0.2, 0) is 4.79 Å². The molecule has 1 unspecified atom stereocenters. The number of rotatable bonds is 4. The van der Waals surface area contributed by atoms with Crippen molar-refractivity contribution in [3.63, 3.8) is 0 Å². The Balaban J connectivity index is 1.85. The van der Waals surface area contributed by atoms with Crippen molar-refractivity contribution >= 4 is 35.2 Å². The third kappa shape index (κ3) is 3.00. The molecule has 0 radical (unpaired) electrons. The lowest BCUT2D eigenvalue weighted by Crippen LogP contribution is -2.40. The molecule has 0 spiro atoms. The van der Waals surface area contributed by atoms with Gasteiger partial charge in [0.05, 0.1) is 16.1 Å². The Morgan fingerprint density at radius 2 is 2.04 bits per heavy atom. The SMILES string of the molecule is CC(C)C1(C(=O)O)CCN(C(=O)c2ccc(Cl)c(N3CCNC3=O)c2)C1. The second kappa shape index (κ2) is 6.79. The second-order valence-electron chi connectivity index (χ2n) is 7.14. The molecule has 3 amide bonds. The number of anilines is 1. The van der Waals surface area contributed by atoms with Crippen molar-refractivity contribution in [2.45, 2.75) is 20.3 Å². The zero-order valence-electron chi connectivity index (χ0n) is 14.8. The number of amides is 3. The molecule has 1 aromatic rings. The molecule has 2 aliphatic heterocycles. The smallest absolute Gasteiger partial charge is 0.322 e. The highest BCUT2D eigenvalue weighted by Gasteiger charge is 2.48. The lowest BCUT2D eigenvalue weighted by atomic mass is 9.76. The van der Waals surface area contributed by atoms with Crippen LogP contribution in [-0.4, -0.2) is 54.1 Å². The Hall–Kier alpha value is -2.28. The summed E-state index contributed by atoms with van der Waals surface area (Å²) in [6.45, 7) is 5.32. The molecule has 2 saturated heterocycles. The predicted octanol–water partition coefficient (Wildman–Crippen LogP) is 2.44. The van der Waals surface area contributed by atoms with Gasteiger partial charge in [-0.25, -0.2) is 4.79 Å². The zero-order chi connectivity index (χ0) is 19.1. The molecule has 1 atom stereocenters. The van der Waals surface area contributed by atoms with Gasteiger partial charge in [0.1, 0.15) is 0 Å². The van der Waals surface area contributed by atoms with Crippen LogP contribution in [0, 0.1) is 11.3 Å². The summed E-state index contributed by atoms with van der Waals surface area (Å²) >= 11 is 6.21. The van der Waals surface area contributed by atoms with E-state index in [1.165, 1.54) is 4.90 Å². The first-order valence-corrected chi connectivity index (χ1v) is 9.01. The van der Waals surface area contributed by atoms with Crippen LogP contribution in [0.1, 0.15) is 30.6 Å². The molecule has 0 bridgehead atoms. The van der Waals surface area contributed by atoms with E-state index in [1.54, 1.807) is 23.1 Å². The van der Waals surface area contributed by atoms with Crippen LogP contribution >= 0.6 is 11.6 Å². The van der Waals surface area contributed by atoms with E-state index < -0.39 is 11.4 Å². The van der Waals surface area contributed by atoms with Gasteiger partial charge in [-0.3, -0.25) is 14.5 Å². The van der Waals surface area contributed by atoms with E-state index >= 15 is 0 Å². The Morgan fingerprint density at radius 3 is 2.58 bits per heavy atom. The number of aliphatic carboxylic acids is 1. The highest BCUT2D eigenvalue weighted by Crippen LogP contribution is 2.39. The van der Waals surface area contributed by atoms with Crippen molar-refractivity contribution < 1.29 is 19.5 Å². The van der Waals surface area contributed by atoms with E-state index in [-0.39, 0.29) is 24.4 Å². The summed E-state index contributed by atoms with van der Waals surface area (Å²) in [6, 6.07) is 4.56. The van der Waals surface area contributed by atoms with Crippen LogP contribution in [0.2, 0.25) is 5.02 Å². The van der Waals surface area contributed by atoms with Crippen LogP contribution in [0.3, 0.4) is 0 Å². The number of halogens is 1.